The average molecular weight is 398 g/mol. The number of hydrogen-bond acceptors (Lipinski definition) is 3. The third-order valence-electron chi connectivity index (χ3n) is 3.32. The molecule has 122 valence electrons. The fraction of sp³-hybridized carbons (Fsp3) is 0.0588. The Hall–Kier alpha value is -1.59. The summed E-state index contributed by atoms with van der Waals surface area (Å²) in [6.45, 7) is 1.83. The molecule has 2 aromatic heterocycles. The Kier molecular flexibility index (Phi) is 5.11. The van der Waals surface area contributed by atoms with Crippen molar-refractivity contribution < 1.29 is 4.79 Å². The first-order valence-corrected chi connectivity index (χ1v) is 8.89. The largest absolute Gasteiger partial charge is 0.288 e. The van der Waals surface area contributed by atoms with Crippen LogP contribution in [0.4, 0.5) is 0 Å². The Morgan fingerprint density at radius 1 is 1.21 bits per heavy atom. The number of benzene rings is 1. The highest BCUT2D eigenvalue weighted by Crippen LogP contribution is 2.27. The first kappa shape index (κ1) is 17.2. The molecule has 0 atom stereocenters. The third-order valence-corrected chi connectivity index (χ3v) is 5.16. The number of allylic oxidation sites excluding steroid dienone is 1. The van der Waals surface area contributed by atoms with Crippen LogP contribution in [0.1, 0.15) is 20.9 Å². The van der Waals surface area contributed by atoms with E-state index in [9.17, 15) is 4.79 Å². The number of carbonyl (C=O) groups excluding carboxylic acids is 1. The van der Waals surface area contributed by atoms with Crippen LogP contribution in [0, 0.1) is 6.92 Å². The molecule has 3 rings (SSSR count). The number of nitrogens with zero attached hydrogens (tertiary/aromatic N) is 2. The topological polar surface area (TPSA) is 34.9 Å². The Labute approximate surface area is 158 Å². The molecule has 0 aliphatic carbocycles. The minimum Gasteiger partial charge on any atom is -0.288 e. The van der Waals surface area contributed by atoms with Gasteiger partial charge in [0.05, 0.1) is 20.6 Å². The van der Waals surface area contributed by atoms with E-state index in [1.54, 1.807) is 35.0 Å². The number of carbonyl (C=O) groups is 1. The van der Waals surface area contributed by atoms with E-state index in [0.29, 0.717) is 30.6 Å². The van der Waals surface area contributed by atoms with Crippen molar-refractivity contribution in [1.29, 1.82) is 0 Å². The molecule has 3 nitrogen and oxygen atoms in total. The second-order valence-electron chi connectivity index (χ2n) is 4.98. The maximum absolute atomic E-state index is 12.2. The second kappa shape index (κ2) is 7.11. The summed E-state index contributed by atoms with van der Waals surface area (Å²) in [5.74, 6) is -0.127. The van der Waals surface area contributed by atoms with Gasteiger partial charge in [0.2, 0.25) is 0 Å². The van der Waals surface area contributed by atoms with Gasteiger partial charge in [-0.2, -0.15) is 5.10 Å². The van der Waals surface area contributed by atoms with Crippen molar-refractivity contribution in [1.82, 2.24) is 9.78 Å². The Morgan fingerprint density at radius 2 is 2.00 bits per heavy atom. The van der Waals surface area contributed by atoms with Crippen LogP contribution in [0.3, 0.4) is 0 Å². The van der Waals surface area contributed by atoms with Crippen LogP contribution in [0.25, 0.3) is 11.8 Å². The molecule has 24 heavy (non-hydrogen) atoms. The van der Waals surface area contributed by atoms with E-state index in [1.807, 2.05) is 19.1 Å². The summed E-state index contributed by atoms with van der Waals surface area (Å²) in [6, 6.07) is 10.6. The van der Waals surface area contributed by atoms with Gasteiger partial charge in [-0.25, -0.2) is 4.68 Å². The van der Waals surface area contributed by atoms with Gasteiger partial charge in [0.25, 0.3) is 0 Å². The number of halogens is 3. The molecule has 0 bridgehead atoms. The molecule has 0 N–H and O–H groups in total. The molecule has 0 aliphatic rings. The Bertz CT molecular complexity index is 943. The standard InChI is InChI=1S/C17H11Cl3N2OS/c1-10-13(5-6-14(23)15-7-8-16(19)24-15)17(20)22(21-10)12-4-2-3-11(18)9-12/h2-9H,1H3. The van der Waals surface area contributed by atoms with Crippen LogP contribution in [0.2, 0.25) is 14.5 Å². The molecule has 0 unspecified atom stereocenters. The summed E-state index contributed by atoms with van der Waals surface area (Å²) in [6.07, 6.45) is 3.14. The summed E-state index contributed by atoms with van der Waals surface area (Å²) in [5, 5.41) is 5.44. The highest BCUT2D eigenvalue weighted by atomic mass is 35.5. The highest BCUT2D eigenvalue weighted by Gasteiger charge is 2.13. The van der Waals surface area contributed by atoms with Gasteiger partial charge in [-0.05, 0) is 49.4 Å². The smallest absolute Gasteiger partial charge is 0.195 e. The zero-order chi connectivity index (χ0) is 17.3. The minimum atomic E-state index is -0.127. The maximum Gasteiger partial charge on any atom is 0.195 e. The molecule has 3 aromatic rings. The number of hydrogen-bond donors (Lipinski definition) is 0. The molecular weight excluding hydrogens is 387 g/mol. The van der Waals surface area contributed by atoms with Gasteiger partial charge in [0.1, 0.15) is 5.15 Å². The van der Waals surface area contributed by atoms with E-state index < -0.39 is 0 Å². The fourth-order valence-electron chi connectivity index (χ4n) is 2.17. The van der Waals surface area contributed by atoms with Crippen LogP contribution in [0.5, 0.6) is 0 Å². The zero-order valence-corrected chi connectivity index (χ0v) is 15.5. The summed E-state index contributed by atoms with van der Waals surface area (Å²) < 4.78 is 2.17. The van der Waals surface area contributed by atoms with Gasteiger partial charge < -0.3 is 0 Å². The SMILES string of the molecule is Cc1nn(-c2cccc(Cl)c2)c(Cl)c1C=CC(=O)c1ccc(Cl)s1. The first-order chi connectivity index (χ1) is 11.5. The molecule has 0 fully saturated rings. The van der Waals surface area contributed by atoms with Crippen molar-refractivity contribution in [2.75, 3.05) is 0 Å². The number of aryl methyl sites for hydroxylation is 1. The molecule has 1 aromatic carbocycles. The van der Waals surface area contributed by atoms with Gasteiger partial charge in [0, 0.05) is 10.6 Å². The molecule has 0 aliphatic heterocycles. The number of ketones is 1. The summed E-state index contributed by atoms with van der Waals surface area (Å²) >= 11 is 19.5. The normalized spacial score (nSPS) is 11.3. The van der Waals surface area contributed by atoms with Crippen molar-refractivity contribution in [3.63, 3.8) is 0 Å². The molecule has 0 spiro atoms. The Morgan fingerprint density at radius 3 is 2.67 bits per heavy atom. The van der Waals surface area contributed by atoms with Gasteiger partial charge in [0.15, 0.2) is 5.78 Å². The van der Waals surface area contributed by atoms with Crippen molar-refractivity contribution in [3.8, 4) is 5.69 Å². The quantitative estimate of drug-likeness (QED) is 0.394. The number of aromatic nitrogens is 2. The van der Waals surface area contributed by atoms with Crippen LogP contribution >= 0.6 is 46.1 Å². The van der Waals surface area contributed by atoms with Gasteiger partial charge in [-0.3, -0.25) is 4.79 Å². The lowest BCUT2D eigenvalue weighted by atomic mass is 10.2. The third kappa shape index (κ3) is 3.57. The molecule has 7 heteroatoms. The fourth-order valence-corrected chi connectivity index (χ4v) is 3.65. The average Bonchev–Trinajstić information content (AvgIpc) is 3.09. The maximum atomic E-state index is 12.2. The second-order valence-corrected chi connectivity index (χ2v) is 7.49. The van der Waals surface area contributed by atoms with E-state index in [1.165, 1.54) is 17.4 Å². The lowest BCUT2D eigenvalue weighted by Crippen LogP contribution is -1.96. The van der Waals surface area contributed by atoms with Crippen LogP contribution in [-0.2, 0) is 0 Å². The highest BCUT2D eigenvalue weighted by molar-refractivity contribution is 7.18. The van der Waals surface area contributed by atoms with Crippen LogP contribution < -0.4 is 0 Å². The lowest BCUT2D eigenvalue weighted by Gasteiger charge is -2.03. The van der Waals surface area contributed by atoms with Crippen molar-refractivity contribution in [3.05, 3.63) is 73.1 Å². The molecule has 0 saturated heterocycles. The van der Waals surface area contributed by atoms with E-state index >= 15 is 0 Å². The number of thiophene rings is 1. The van der Waals surface area contributed by atoms with Crippen molar-refractivity contribution >= 4 is 58.0 Å². The van der Waals surface area contributed by atoms with Crippen molar-refractivity contribution in [2.45, 2.75) is 6.92 Å². The molecule has 0 amide bonds. The van der Waals surface area contributed by atoms with Crippen LogP contribution in [0.15, 0.2) is 42.5 Å². The molecule has 0 saturated carbocycles. The molecular formula is C17H11Cl3N2OS. The summed E-state index contributed by atoms with van der Waals surface area (Å²) in [5.41, 5.74) is 2.16. The van der Waals surface area contributed by atoms with Gasteiger partial charge in [-0.15, -0.1) is 11.3 Å². The lowest BCUT2D eigenvalue weighted by molar-refractivity contribution is 0.105. The van der Waals surface area contributed by atoms with E-state index in [2.05, 4.69) is 5.10 Å². The molecule has 2 heterocycles. The number of rotatable bonds is 4. The molecule has 0 radical (unpaired) electrons. The monoisotopic (exact) mass is 396 g/mol. The van der Waals surface area contributed by atoms with Crippen LogP contribution in [-0.4, -0.2) is 15.6 Å². The first-order valence-electron chi connectivity index (χ1n) is 6.94. The Balaban J connectivity index is 1.92. The van der Waals surface area contributed by atoms with E-state index in [4.69, 9.17) is 34.8 Å². The zero-order valence-electron chi connectivity index (χ0n) is 12.5. The predicted molar refractivity (Wildman–Crippen MR) is 101 cm³/mol. The summed E-state index contributed by atoms with van der Waals surface area (Å²) in [4.78, 5) is 12.7. The summed E-state index contributed by atoms with van der Waals surface area (Å²) in [7, 11) is 0. The van der Waals surface area contributed by atoms with Gasteiger partial charge in [-0.1, -0.05) is 40.9 Å². The van der Waals surface area contributed by atoms with Crippen molar-refractivity contribution in [2.24, 2.45) is 0 Å². The van der Waals surface area contributed by atoms with E-state index in [-0.39, 0.29) is 5.78 Å². The predicted octanol–water partition coefficient (Wildman–Crippen LogP) is 6.10. The van der Waals surface area contributed by atoms with Gasteiger partial charge >= 0.3 is 0 Å². The minimum absolute atomic E-state index is 0.127. The van der Waals surface area contributed by atoms with E-state index in [0.717, 1.165) is 5.69 Å².